The Kier molecular flexibility index (Phi) is 4.31. The average molecular weight is 346 g/mol. The van der Waals surface area contributed by atoms with Crippen molar-refractivity contribution in [1.82, 2.24) is 9.55 Å². The molecular formula is C17H13ClFN3O2. The maximum atomic E-state index is 13.1. The Bertz CT molecular complexity index is 1000. The van der Waals surface area contributed by atoms with Gasteiger partial charge < -0.3 is 9.88 Å². The van der Waals surface area contributed by atoms with E-state index < -0.39 is 17.3 Å². The Morgan fingerprint density at radius 3 is 2.75 bits per heavy atom. The number of carbonyl (C=O) groups is 1. The Labute approximate surface area is 141 Å². The summed E-state index contributed by atoms with van der Waals surface area (Å²) in [6.45, 7) is 2.21. The number of amides is 1. The molecule has 1 amide bonds. The summed E-state index contributed by atoms with van der Waals surface area (Å²) in [5.41, 5.74) is 0.666. The van der Waals surface area contributed by atoms with Crippen LogP contribution in [-0.2, 0) is 6.54 Å². The second kappa shape index (κ2) is 6.41. The van der Waals surface area contributed by atoms with Crippen molar-refractivity contribution in [2.45, 2.75) is 13.5 Å². The van der Waals surface area contributed by atoms with Crippen molar-refractivity contribution in [1.29, 1.82) is 0 Å². The number of aryl methyl sites for hydroxylation is 1. The molecule has 0 atom stereocenters. The largest absolute Gasteiger partial charge is 0.319 e. The van der Waals surface area contributed by atoms with Gasteiger partial charge in [0.15, 0.2) is 5.69 Å². The van der Waals surface area contributed by atoms with E-state index in [4.69, 9.17) is 11.6 Å². The molecule has 0 unspecified atom stereocenters. The number of hydrogen-bond acceptors (Lipinski definition) is 3. The van der Waals surface area contributed by atoms with Gasteiger partial charge in [-0.1, -0.05) is 23.7 Å². The average Bonchev–Trinajstić information content (AvgIpc) is 2.57. The standard InChI is InChI=1S/C17H13ClFN3O2/c1-2-22-14-6-4-3-5-13(14)20-15(17(22)24)16(23)21-12-8-7-10(19)9-11(12)18/h3-9H,2H2,1H3,(H,21,23). The minimum atomic E-state index is -0.693. The molecule has 0 fully saturated rings. The molecule has 2 aromatic carbocycles. The van der Waals surface area contributed by atoms with E-state index in [1.54, 1.807) is 24.3 Å². The lowest BCUT2D eigenvalue weighted by atomic mass is 10.2. The number of halogens is 2. The first-order valence-corrected chi connectivity index (χ1v) is 7.65. The van der Waals surface area contributed by atoms with Gasteiger partial charge in [0.05, 0.1) is 21.7 Å². The molecule has 3 rings (SSSR count). The third-order valence-electron chi connectivity index (χ3n) is 3.56. The fourth-order valence-corrected chi connectivity index (χ4v) is 2.64. The maximum Gasteiger partial charge on any atom is 0.282 e. The fraction of sp³-hybridized carbons (Fsp3) is 0.118. The first-order valence-electron chi connectivity index (χ1n) is 7.27. The summed E-state index contributed by atoms with van der Waals surface area (Å²) in [6.07, 6.45) is 0. The van der Waals surface area contributed by atoms with Crippen LogP contribution in [-0.4, -0.2) is 15.5 Å². The van der Waals surface area contributed by atoms with Crippen LogP contribution in [0.3, 0.4) is 0 Å². The minimum Gasteiger partial charge on any atom is -0.319 e. The predicted molar refractivity (Wildman–Crippen MR) is 91.0 cm³/mol. The van der Waals surface area contributed by atoms with Gasteiger partial charge in [0.1, 0.15) is 5.82 Å². The molecule has 0 spiro atoms. The highest BCUT2D eigenvalue weighted by atomic mass is 35.5. The SMILES string of the molecule is CCn1c(=O)c(C(=O)Nc2ccc(F)cc2Cl)nc2ccccc21. The van der Waals surface area contributed by atoms with E-state index in [0.29, 0.717) is 17.6 Å². The Morgan fingerprint density at radius 2 is 2.04 bits per heavy atom. The highest BCUT2D eigenvalue weighted by Gasteiger charge is 2.18. The lowest BCUT2D eigenvalue weighted by Gasteiger charge is -2.11. The Morgan fingerprint density at radius 1 is 1.29 bits per heavy atom. The number of hydrogen-bond donors (Lipinski definition) is 1. The van der Waals surface area contributed by atoms with Gasteiger partial charge >= 0.3 is 0 Å². The van der Waals surface area contributed by atoms with Gasteiger partial charge in [-0.25, -0.2) is 9.37 Å². The molecule has 122 valence electrons. The van der Waals surface area contributed by atoms with Crippen LogP contribution in [0.2, 0.25) is 5.02 Å². The van der Waals surface area contributed by atoms with E-state index in [1.807, 2.05) is 6.92 Å². The molecule has 1 aromatic heterocycles. The van der Waals surface area contributed by atoms with Gasteiger partial charge in [0, 0.05) is 6.54 Å². The summed E-state index contributed by atoms with van der Waals surface area (Å²) in [4.78, 5) is 29.1. The second-order valence-electron chi connectivity index (χ2n) is 5.08. The molecule has 7 heteroatoms. The Hall–Kier alpha value is -2.73. The van der Waals surface area contributed by atoms with E-state index in [1.165, 1.54) is 16.7 Å². The highest BCUT2D eigenvalue weighted by Crippen LogP contribution is 2.22. The molecule has 0 aliphatic rings. The zero-order chi connectivity index (χ0) is 17.3. The molecule has 0 radical (unpaired) electrons. The van der Waals surface area contributed by atoms with Crippen LogP contribution in [0.5, 0.6) is 0 Å². The van der Waals surface area contributed by atoms with E-state index in [2.05, 4.69) is 10.3 Å². The predicted octanol–water partition coefficient (Wildman–Crippen LogP) is 3.46. The van der Waals surface area contributed by atoms with E-state index in [0.717, 1.165) is 6.07 Å². The summed E-state index contributed by atoms with van der Waals surface area (Å²) < 4.78 is 14.6. The molecule has 0 aliphatic carbocycles. The van der Waals surface area contributed by atoms with E-state index >= 15 is 0 Å². The molecule has 1 heterocycles. The van der Waals surface area contributed by atoms with Crippen LogP contribution in [0, 0.1) is 5.82 Å². The molecular weight excluding hydrogens is 333 g/mol. The number of rotatable bonds is 3. The zero-order valence-corrected chi connectivity index (χ0v) is 13.5. The molecule has 24 heavy (non-hydrogen) atoms. The molecule has 0 aliphatic heterocycles. The number of para-hydroxylation sites is 2. The summed E-state index contributed by atoms with van der Waals surface area (Å²) in [5, 5.41) is 2.54. The van der Waals surface area contributed by atoms with Crippen LogP contribution in [0.4, 0.5) is 10.1 Å². The van der Waals surface area contributed by atoms with Crippen LogP contribution in [0.1, 0.15) is 17.4 Å². The van der Waals surface area contributed by atoms with Crippen molar-refractivity contribution >= 4 is 34.2 Å². The summed E-state index contributed by atoms with van der Waals surface area (Å²) in [7, 11) is 0. The number of nitrogens with zero attached hydrogens (tertiary/aromatic N) is 2. The second-order valence-corrected chi connectivity index (χ2v) is 5.48. The maximum absolute atomic E-state index is 13.1. The molecule has 0 saturated heterocycles. The minimum absolute atomic E-state index is 0.0416. The van der Waals surface area contributed by atoms with Gasteiger partial charge in [-0.2, -0.15) is 0 Å². The van der Waals surface area contributed by atoms with Crippen molar-refractivity contribution in [3.05, 3.63) is 69.4 Å². The first-order chi connectivity index (χ1) is 11.5. The van der Waals surface area contributed by atoms with E-state index in [-0.39, 0.29) is 16.4 Å². The van der Waals surface area contributed by atoms with E-state index in [9.17, 15) is 14.0 Å². The molecule has 5 nitrogen and oxygen atoms in total. The van der Waals surface area contributed by atoms with Gasteiger partial charge in [0.2, 0.25) is 0 Å². The topological polar surface area (TPSA) is 64.0 Å². The van der Waals surface area contributed by atoms with Crippen LogP contribution in [0.15, 0.2) is 47.3 Å². The fourth-order valence-electron chi connectivity index (χ4n) is 2.43. The monoisotopic (exact) mass is 345 g/mol. The molecule has 0 bridgehead atoms. The van der Waals surface area contributed by atoms with Crippen LogP contribution < -0.4 is 10.9 Å². The molecule has 1 N–H and O–H groups in total. The number of fused-ring (bicyclic) bond motifs is 1. The lowest BCUT2D eigenvalue weighted by Crippen LogP contribution is -2.31. The van der Waals surface area contributed by atoms with Gasteiger partial charge in [0.25, 0.3) is 11.5 Å². The third-order valence-corrected chi connectivity index (χ3v) is 3.88. The van der Waals surface area contributed by atoms with Gasteiger partial charge in [-0.05, 0) is 37.3 Å². The summed E-state index contributed by atoms with van der Waals surface area (Å²) >= 11 is 5.90. The normalized spacial score (nSPS) is 10.8. The quantitative estimate of drug-likeness (QED) is 0.790. The van der Waals surface area contributed by atoms with Gasteiger partial charge in [-0.3, -0.25) is 9.59 Å². The zero-order valence-electron chi connectivity index (χ0n) is 12.7. The Balaban J connectivity index is 2.07. The summed E-state index contributed by atoms with van der Waals surface area (Å²) in [6, 6.07) is 10.6. The van der Waals surface area contributed by atoms with Crippen molar-refractivity contribution in [2.75, 3.05) is 5.32 Å². The lowest BCUT2D eigenvalue weighted by molar-refractivity contribution is 0.102. The first kappa shape index (κ1) is 16.1. The molecule has 3 aromatic rings. The van der Waals surface area contributed by atoms with Gasteiger partial charge in [-0.15, -0.1) is 0 Å². The number of benzene rings is 2. The number of anilines is 1. The van der Waals surface area contributed by atoms with Crippen molar-refractivity contribution in [2.24, 2.45) is 0 Å². The molecule has 0 saturated carbocycles. The van der Waals surface area contributed by atoms with Crippen molar-refractivity contribution in [3.63, 3.8) is 0 Å². The third kappa shape index (κ3) is 2.88. The summed E-state index contributed by atoms with van der Waals surface area (Å²) in [5.74, 6) is -1.21. The van der Waals surface area contributed by atoms with Crippen molar-refractivity contribution < 1.29 is 9.18 Å². The smallest absolute Gasteiger partial charge is 0.282 e. The highest BCUT2D eigenvalue weighted by molar-refractivity contribution is 6.33. The van der Waals surface area contributed by atoms with Crippen LogP contribution >= 0.6 is 11.6 Å². The number of aromatic nitrogens is 2. The number of carbonyl (C=O) groups excluding carboxylic acids is 1. The van der Waals surface area contributed by atoms with Crippen molar-refractivity contribution in [3.8, 4) is 0 Å². The number of nitrogens with one attached hydrogen (secondary N) is 1. The van der Waals surface area contributed by atoms with Crippen LogP contribution in [0.25, 0.3) is 11.0 Å².